The average molecular weight is 220 g/mol. The molecule has 1 aromatic rings. The van der Waals surface area contributed by atoms with Crippen molar-refractivity contribution in [3.8, 4) is 0 Å². The average Bonchev–Trinajstić information content (AvgIpc) is 2.76. The molecule has 0 aromatic carbocycles. The zero-order valence-corrected chi connectivity index (χ0v) is 10.2. The van der Waals surface area contributed by atoms with Crippen molar-refractivity contribution in [1.82, 2.24) is 0 Å². The van der Waals surface area contributed by atoms with Crippen molar-refractivity contribution in [1.29, 1.82) is 0 Å². The molecule has 0 amide bonds. The van der Waals surface area contributed by atoms with Gasteiger partial charge in [-0.05, 0) is 30.9 Å². The van der Waals surface area contributed by atoms with Gasteiger partial charge >= 0.3 is 0 Å². The predicted octanol–water partition coefficient (Wildman–Crippen LogP) is 3.85. The van der Waals surface area contributed by atoms with E-state index >= 15 is 0 Å². The summed E-state index contributed by atoms with van der Waals surface area (Å²) < 4.78 is 5.53. The highest BCUT2D eigenvalue weighted by Gasteiger charge is 2.27. The molecule has 1 aliphatic rings. The van der Waals surface area contributed by atoms with Gasteiger partial charge in [-0.15, -0.1) is 0 Å². The van der Waals surface area contributed by atoms with Gasteiger partial charge in [0.15, 0.2) is 5.76 Å². The smallest absolute Gasteiger partial charge is 0.201 e. The van der Waals surface area contributed by atoms with E-state index in [0.29, 0.717) is 11.7 Å². The molecule has 2 rings (SSSR count). The Morgan fingerprint density at radius 2 is 2.25 bits per heavy atom. The SMILES string of the molecule is CCc1ccc(C(=O)C2CCCC(C)C2)o1. The normalized spacial score (nSPS) is 25.6. The molecule has 0 radical (unpaired) electrons. The van der Waals surface area contributed by atoms with Crippen LogP contribution in [0.25, 0.3) is 0 Å². The standard InChI is InChI=1S/C14H20O2/c1-3-12-7-8-13(16-12)14(15)11-6-4-5-10(2)9-11/h7-8,10-11H,3-6,9H2,1-2H3. The molecule has 1 saturated carbocycles. The third-order valence-corrected chi connectivity index (χ3v) is 3.56. The largest absolute Gasteiger partial charge is 0.458 e. The fraction of sp³-hybridized carbons (Fsp3) is 0.643. The van der Waals surface area contributed by atoms with Gasteiger partial charge < -0.3 is 4.42 Å². The summed E-state index contributed by atoms with van der Waals surface area (Å²) in [5.41, 5.74) is 0. The molecule has 2 heteroatoms. The summed E-state index contributed by atoms with van der Waals surface area (Å²) in [4.78, 5) is 12.2. The highest BCUT2D eigenvalue weighted by Crippen LogP contribution is 2.31. The second kappa shape index (κ2) is 4.86. The Morgan fingerprint density at radius 3 is 2.88 bits per heavy atom. The van der Waals surface area contributed by atoms with E-state index in [0.717, 1.165) is 25.0 Å². The van der Waals surface area contributed by atoms with Crippen molar-refractivity contribution in [3.05, 3.63) is 23.7 Å². The summed E-state index contributed by atoms with van der Waals surface area (Å²) in [7, 11) is 0. The van der Waals surface area contributed by atoms with Crippen LogP contribution in [0.2, 0.25) is 0 Å². The molecule has 1 aliphatic carbocycles. The number of hydrogen-bond donors (Lipinski definition) is 0. The van der Waals surface area contributed by atoms with Crippen LogP contribution in [-0.4, -0.2) is 5.78 Å². The minimum Gasteiger partial charge on any atom is -0.458 e. The first-order chi connectivity index (χ1) is 7.70. The fourth-order valence-corrected chi connectivity index (χ4v) is 2.57. The maximum atomic E-state index is 12.2. The van der Waals surface area contributed by atoms with E-state index < -0.39 is 0 Å². The lowest BCUT2D eigenvalue weighted by Crippen LogP contribution is -2.21. The second-order valence-electron chi connectivity index (χ2n) is 4.95. The van der Waals surface area contributed by atoms with Gasteiger partial charge in [0, 0.05) is 12.3 Å². The third kappa shape index (κ3) is 2.37. The first-order valence-electron chi connectivity index (χ1n) is 6.33. The van der Waals surface area contributed by atoms with Gasteiger partial charge in [0.2, 0.25) is 5.78 Å². The quantitative estimate of drug-likeness (QED) is 0.724. The summed E-state index contributed by atoms with van der Waals surface area (Å²) >= 11 is 0. The minimum absolute atomic E-state index is 0.194. The number of furan rings is 1. The van der Waals surface area contributed by atoms with Crippen molar-refractivity contribution in [3.63, 3.8) is 0 Å². The Bertz CT molecular complexity index is 365. The topological polar surface area (TPSA) is 30.2 Å². The Balaban J connectivity index is 2.06. The summed E-state index contributed by atoms with van der Waals surface area (Å²) in [6.45, 7) is 4.27. The number of rotatable bonds is 3. The Hall–Kier alpha value is -1.05. The first kappa shape index (κ1) is 11.4. The van der Waals surface area contributed by atoms with E-state index in [1.54, 1.807) is 0 Å². The number of hydrogen-bond acceptors (Lipinski definition) is 2. The van der Waals surface area contributed by atoms with Gasteiger partial charge in [0.1, 0.15) is 5.76 Å². The van der Waals surface area contributed by atoms with Crippen LogP contribution >= 0.6 is 0 Å². The van der Waals surface area contributed by atoms with Crippen LogP contribution in [0.3, 0.4) is 0 Å². The molecule has 1 heterocycles. The monoisotopic (exact) mass is 220 g/mol. The zero-order chi connectivity index (χ0) is 11.5. The predicted molar refractivity (Wildman–Crippen MR) is 63.5 cm³/mol. The Morgan fingerprint density at radius 1 is 1.44 bits per heavy atom. The molecule has 0 bridgehead atoms. The molecule has 2 nitrogen and oxygen atoms in total. The van der Waals surface area contributed by atoms with Crippen molar-refractivity contribution < 1.29 is 9.21 Å². The van der Waals surface area contributed by atoms with Gasteiger partial charge in [-0.2, -0.15) is 0 Å². The van der Waals surface area contributed by atoms with Crippen LogP contribution < -0.4 is 0 Å². The molecule has 16 heavy (non-hydrogen) atoms. The summed E-state index contributed by atoms with van der Waals surface area (Å²) in [5, 5.41) is 0. The van der Waals surface area contributed by atoms with Gasteiger partial charge in [-0.1, -0.05) is 26.7 Å². The summed E-state index contributed by atoms with van der Waals surface area (Å²) in [5.74, 6) is 2.57. The van der Waals surface area contributed by atoms with Crippen LogP contribution in [0, 0.1) is 11.8 Å². The molecule has 0 saturated heterocycles. The van der Waals surface area contributed by atoms with Crippen molar-refractivity contribution in [2.24, 2.45) is 11.8 Å². The van der Waals surface area contributed by atoms with Gasteiger partial charge in [0.05, 0.1) is 0 Å². The van der Waals surface area contributed by atoms with Crippen LogP contribution in [0.5, 0.6) is 0 Å². The lowest BCUT2D eigenvalue weighted by Gasteiger charge is -2.24. The van der Waals surface area contributed by atoms with E-state index in [1.807, 2.05) is 19.1 Å². The molecular formula is C14H20O2. The van der Waals surface area contributed by atoms with E-state index in [9.17, 15) is 4.79 Å². The van der Waals surface area contributed by atoms with Gasteiger partial charge in [-0.25, -0.2) is 0 Å². The highest BCUT2D eigenvalue weighted by molar-refractivity contribution is 5.95. The molecule has 0 N–H and O–H groups in total. The fourth-order valence-electron chi connectivity index (χ4n) is 2.57. The molecule has 2 atom stereocenters. The van der Waals surface area contributed by atoms with Crippen LogP contribution in [0.15, 0.2) is 16.5 Å². The number of carbonyl (C=O) groups excluding carboxylic acids is 1. The molecule has 0 spiro atoms. The molecule has 2 unspecified atom stereocenters. The molecular weight excluding hydrogens is 200 g/mol. The maximum Gasteiger partial charge on any atom is 0.201 e. The van der Waals surface area contributed by atoms with Crippen LogP contribution in [0.1, 0.15) is 55.8 Å². The number of ketones is 1. The summed E-state index contributed by atoms with van der Waals surface area (Å²) in [6, 6.07) is 3.75. The summed E-state index contributed by atoms with van der Waals surface area (Å²) in [6.07, 6.45) is 5.36. The minimum atomic E-state index is 0.194. The molecule has 0 aliphatic heterocycles. The van der Waals surface area contributed by atoms with Crippen LogP contribution in [0.4, 0.5) is 0 Å². The van der Waals surface area contributed by atoms with Crippen LogP contribution in [-0.2, 0) is 6.42 Å². The zero-order valence-electron chi connectivity index (χ0n) is 10.2. The first-order valence-corrected chi connectivity index (χ1v) is 6.33. The molecule has 88 valence electrons. The van der Waals surface area contributed by atoms with Gasteiger partial charge in [0.25, 0.3) is 0 Å². The Kier molecular flexibility index (Phi) is 3.47. The van der Waals surface area contributed by atoms with Crippen molar-refractivity contribution >= 4 is 5.78 Å². The van der Waals surface area contributed by atoms with E-state index in [1.165, 1.54) is 12.8 Å². The van der Waals surface area contributed by atoms with E-state index in [-0.39, 0.29) is 11.7 Å². The molecule has 1 fully saturated rings. The van der Waals surface area contributed by atoms with E-state index in [2.05, 4.69) is 6.92 Å². The maximum absolute atomic E-state index is 12.2. The van der Waals surface area contributed by atoms with Gasteiger partial charge in [-0.3, -0.25) is 4.79 Å². The Labute approximate surface area is 97.0 Å². The third-order valence-electron chi connectivity index (χ3n) is 3.56. The number of aryl methyl sites for hydroxylation is 1. The lowest BCUT2D eigenvalue weighted by molar-refractivity contribution is 0.0837. The van der Waals surface area contributed by atoms with Crippen molar-refractivity contribution in [2.75, 3.05) is 0 Å². The van der Waals surface area contributed by atoms with Crippen molar-refractivity contribution in [2.45, 2.75) is 46.0 Å². The number of carbonyl (C=O) groups is 1. The highest BCUT2D eigenvalue weighted by atomic mass is 16.3. The second-order valence-corrected chi connectivity index (χ2v) is 4.95. The number of Topliss-reactive ketones (excluding diaryl/α,β-unsaturated/α-hetero) is 1. The molecule has 1 aromatic heterocycles. The lowest BCUT2D eigenvalue weighted by atomic mass is 9.80. The van der Waals surface area contributed by atoms with E-state index in [4.69, 9.17) is 4.42 Å².